The van der Waals surface area contributed by atoms with Crippen molar-refractivity contribution >= 4 is 23.7 Å². The van der Waals surface area contributed by atoms with E-state index in [9.17, 15) is 24.3 Å². The van der Waals surface area contributed by atoms with E-state index in [1.165, 1.54) is 0 Å². The molecule has 0 unspecified atom stereocenters. The highest BCUT2D eigenvalue weighted by molar-refractivity contribution is 5.98. The van der Waals surface area contributed by atoms with Crippen molar-refractivity contribution in [1.29, 1.82) is 0 Å². The number of rotatable bonds is 20. The van der Waals surface area contributed by atoms with Crippen LogP contribution in [0.15, 0.2) is 55.6 Å². The van der Waals surface area contributed by atoms with Crippen LogP contribution < -0.4 is 0 Å². The largest absolute Gasteiger partial charge is 0.455 e. The number of aliphatic hydroxyl groups excluding tert-OH is 1. The minimum atomic E-state index is -1.16. The second kappa shape index (κ2) is 18.4. The molecule has 52 heavy (non-hydrogen) atoms. The van der Waals surface area contributed by atoms with E-state index in [4.69, 9.17) is 14.2 Å². The number of hydrogen-bond donors (Lipinski definition) is 1. The van der Waals surface area contributed by atoms with Crippen LogP contribution in [0.5, 0.6) is 0 Å². The first-order valence-electron chi connectivity index (χ1n) is 19.1. The van der Waals surface area contributed by atoms with Crippen LogP contribution in [-0.4, -0.2) is 138 Å². The third-order valence-electron chi connectivity index (χ3n) is 11.4. The summed E-state index contributed by atoms with van der Waals surface area (Å²) in [4.78, 5) is 64.2. The lowest BCUT2D eigenvalue weighted by atomic mass is 9.70. The number of amides is 3. The van der Waals surface area contributed by atoms with Crippen molar-refractivity contribution in [3.8, 4) is 0 Å². The van der Waals surface area contributed by atoms with Crippen molar-refractivity contribution < 1.29 is 38.5 Å². The van der Waals surface area contributed by atoms with Crippen molar-refractivity contribution in [3.63, 3.8) is 0 Å². The predicted octanol–water partition coefficient (Wildman–Crippen LogP) is 3.36. The molecule has 286 valence electrons. The molecule has 4 heterocycles. The Morgan fingerprint density at radius 3 is 2.50 bits per heavy atom. The zero-order valence-electron chi connectivity index (χ0n) is 31.0. The van der Waals surface area contributed by atoms with Crippen LogP contribution in [-0.2, 0) is 33.4 Å². The van der Waals surface area contributed by atoms with Crippen LogP contribution >= 0.6 is 0 Å². The van der Waals surface area contributed by atoms with Crippen LogP contribution in [0.2, 0.25) is 0 Å². The fourth-order valence-corrected chi connectivity index (χ4v) is 8.52. The van der Waals surface area contributed by atoms with Gasteiger partial charge in [0, 0.05) is 59.3 Å². The normalized spacial score (nSPS) is 26.4. The molecule has 7 atom stereocenters. The number of esters is 1. The van der Waals surface area contributed by atoms with E-state index in [0.717, 1.165) is 31.5 Å². The zero-order chi connectivity index (χ0) is 37.3. The van der Waals surface area contributed by atoms with Crippen LogP contribution in [0.4, 0.5) is 0 Å². The highest BCUT2D eigenvalue weighted by Gasteiger charge is 2.75. The number of nitrogens with zero attached hydrogens (tertiary/aromatic N) is 4. The van der Waals surface area contributed by atoms with Crippen molar-refractivity contribution in [2.45, 2.75) is 88.2 Å². The van der Waals surface area contributed by atoms with E-state index >= 15 is 0 Å². The number of morpholine rings is 1. The molecule has 12 nitrogen and oxygen atoms in total. The molecule has 4 fully saturated rings. The number of fused-ring (bicyclic) bond motifs is 1. The Morgan fingerprint density at radius 1 is 1.08 bits per heavy atom. The maximum Gasteiger partial charge on any atom is 0.313 e. The molecule has 1 N–H and O–H groups in total. The summed E-state index contributed by atoms with van der Waals surface area (Å²) in [6, 6.07) is 7.96. The van der Waals surface area contributed by atoms with Gasteiger partial charge in [0.1, 0.15) is 17.7 Å². The van der Waals surface area contributed by atoms with Gasteiger partial charge in [0.2, 0.25) is 17.7 Å². The summed E-state index contributed by atoms with van der Waals surface area (Å²) in [6.45, 7) is 14.3. The number of likely N-dealkylation sites (N-methyl/N-ethyl adjacent to an activating group) is 1. The van der Waals surface area contributed by atoms with Crippen LogP contribution in [0.1, 0.15) is 70.0 Å². The summed E-state index contributed by atoms with van der Waals surface area (Å²) in [6.07, 6.45) is 6.82. The van der Waals surface area contributed by atoms with Gasteiger partial charge < -0.3 is 34.0 Å². The fourth-order valence-electron chi connectivity index (χ4n) is 8.52. The zero-order valence-corrected chi connectivity index (χ0v) is 31.0. The Morgan fingerprint density at radius 2 is 1.81 bits per heavy atom. The van der Waals surface area contributed by atoms with E-state index < -0.39 is 47.7 Å². The quantitative estimate of drug-likeness (QED) is 0.122. The Labute approximate surface area is 308 Å². The average Bonchev–Trinajstić information content (AvgIpc) is 3.81. The van der Waals surface area contributed by atoms with Crippen LogP contribution in [0.3, 0.4) is 0 Å². The van der Waals surface area contributed by atoms with Gasteiger partial charge in [0.05, 0.1) is 37.2 Å². The lowest BCUT2D eigenvalue weighted by molar-refractivity contribution is -0.164. The summed E-state index contributed by atoms with van der Waals surface area (Å²) in [5, 5.41) is 9.30. The minimum absolute atomic E-state index is 0.0914. The summed E-state index contributed by atoms with van der Waals surface area (Å²) in [5.41, 5.74) is -0.418. The van der Waals surface area contributed by atoms with Gasteiger partial charge in [-0.3, -0.25) is 24.1 Å². The SMILES string of the molecule is C=CCCC(=O)N(C)[C@@H](C)[C@@H](OC(=O)[C@@H]1[C@@H]2CC[C@]3(O2)[C@H](C(=O)N(CC=C)CCN2CCOCC2)N(CCCCCCO)C(=O)[C@@H]13)c1ccccc1. The first kappa shape index (κ1) is 39.6. The number of likely N-dealkylation sites (tertiary alicyclic amines) is 1. The second-order valence-electron chi connectivity index (χ2n) is 14.6. The molecule has 0 aromatic heterocycles. The Kier molecular flexibility index (Phi) is 14.1. The maximum absolute atomic E-state index is 14.7. The highest BCUT2D eigenvalue weighted by atomic mass is 16.6. The van der Waals surface area contributed by atoms with Crippen LogP contribution in [0, 0.1) is 11.8 Å². The van der Waals surface area contributed by atoms with Crippen molar-refractivity contribution in [2.24, 2.45) is 11.8 Å². The Balaban J connectivity index is 1.42. The molecule has 1 aromatic rings. The monoisotopic (exact) mass is 722 g/mol. The summed E-state index contributed by atoms with van der Waals surface area (Å²) in [7, 11) is 1.71. The molecule has 12 heteroatoms. The van der Waals surface area contributed by atoms with Crippen molar-refractivity contribution in [3.05, 3.63) is 61.2 Å². The molecule has 1 spiro atoms. The molecular weight excluding hydrogens is 664 g/mol. The molecule has 0 aliphatic carbocycles. The number of unbranched alkanes of at least 4 members (excludes halogenated alkanes) is 3. The van der Waals surface area contributed by atoms with Gasteiger partial charge >= 0.3 is 5.97 Å². The Hall–Kier alpha value is -3.58. The summed E-state index contributed by atoms with van der Waals surface area (Å²) < 4.78 is 18.6. The molecule has 0 saturated carbocycles. The minimum Gasteiger partial charge on any atom is -0.455 e. The lowest BCUT2D eigenvalue weighted by Crippen LogP contribution is -2.57. The number of benzene rings is 1. The first-order chi connectivity index (χ1) is 25.2. The van der Waals surface area contributed by atoms with Crippen molar-refractivity contribution in [2.75, 3.05) is 66.1 Å². The standard InChI is InChI=1S/C40H58N4O8/c1-5-7-17-32(46)41(4)29(3)35(30-15-11-10-12-16-30)51-39(49)33-31-18-19-40(52-31)34(33)37(47)44(21-13-8-9-14-26-45)36(40)38(48)43(20-6-2)23-22-42-24-27-50-28-25-42/h5-6,10-12,15-16,29,31,33-36,45H,1-2,7-9,13-14,17-28H2,3-4H3/t29-,31-,33+,34+,35+,36-,40+/m0/s1. The number of carbonyl (C=O) groups is 4. The summed E-state index contributed by atoms with van der Waals surface area (Å²) >= 11 is 0. The Bertz CT molecular complexity index is 1400. The molecule has 5 rings (SSSR count). The average molecular weight is 723 g/mol. The number of aliphatic hydroxyl groups is 1. The van der Waals surface area contributed by atoms with Gasteiger partial charge in [0.15, 0.2) is 0 Å². The van der Waals surface area contributed by atoms with E-state index in [1.54, 1.807) is 33.9 Å². The van der Waals surface area contributed by atoms with E-state index in [2.05, 4.69) is 18.1 Å². The molecule has 0 radical (unpaired) electrons. The predicted molar refractivity (Wildman–Crippen MR) is 196 cm³/mol. The first-order valence-corrected chi connectivity index (χ1v) is 19.1. The molecule has 4 aliphatic rings. The van der Waals surface area contributed by atoms with Gasteiger partial charge in [-0.1, -0.05) is 55.3 Å². The lowest BCUT2D eigenvalue weighted by Gasteiger charge is -2.37. The van der Waals surface area contributed by atoms with Crippen molar-refractivity contribution in [1.82, 2.24) is 19.6 Å². The number of carbonyl (C=O) groups excluding carboxylic acids is 4. The highest BCUT2D eigenvalue weighted by Crippen LogP contribution is 2.59. The van der Waals surface area contributed by atoms with Gasteiger partial charge in [-0.25, -0.2) is 0 Å². The smallest absolute Gasteiger partial charge is 0.313 e. The maximum atomic E-state index is 14.7. The summed E-state index contributed by atoms with van der Waals surface area (Å²) in [5.74, 6) is -2.84. The van der Waals surface area contributed by atoms with Gasteiger partial charge in [-0.05, 0) is 44.6 Å². The third kappa shape index (κ3) is 8.46. The van der Waals surface area contributed by atoms with E-state index in [-0.39, 0.29) is 30.7 Å². The topological polar surface area (TPSA) is 129 Å². The second-order valence-corrected chi connectivity index (χ2v) is 14.6. The molecule has 1 aromatic carbocycles. The number of hydrogen-bond acceptors (Lipinski definition) is 9. The number of allylic oxidation sites excluding steroid dienone is 1. The molecule has 4 saturated heterocycles. The van der Waals surface area contributed by atoms with Gasteiger partial charge in [0.25, 0.3) is 0 Å². The molecule has 4 aliphatic heterocycles. The third-order valence-corrected chi connectivity index (χ3v) is 11.4. The molecular formula is C40H58N4O8. The van der Waals surface area contributed by atoms with Gasteiger partial charge in [-0.2, -0.15) is 0 Å². The fraction of sp³-hybridized carbons (Fsp3) is 0.650. The number of ether oxygens (including phenoxy) is 3. The van der Waals surface area contributed by atoms with E-state index in [0.29, 0.717) is 71.5 Å². The molecule has 3 amide bonds. The van der Waals surface area contributed by atoms with Gasteiger partial charge in [-0.15, -0.1) is 13.2 Å². The van der Waals surface area contributed by atoms with E-state index in [1.807, 2.05) is 37.3 Å². The van der Waals surface area contributed by atoms with Crippen LogP contribution in [0.25, 0.3) is 0 Å². The molecule has 2 bridgehead atoms.